The Labute approximate surface area is 203 Å². The Morgan fingerprint density at radius 3 is 2.23 bits per heavy atom. The van der Waals surface area contributed by atoms with E-state index >= 15 is 0 Å². The minimum atomic E-state index is -1.13. The minimum Gasteiger partial charge on any atom is -0.477 e. The molecule has 3 aromatic rings. The molecule has 3 N–H and O–H groups in total. The van der Waals surface area contributed by atoms with Crippen molar-refractivity contribution in [2.75, 3.05) is 11.9 Å². The van der Waals surface area contributed by atoms with E-state index in [1.807, 2.05) is 31.2 Å². The Morgan fingerprint density at radius 2 is 1.66 bits per heavy atom. The molecule has 1 unspecified atom stereocenters. The molecule has 0 bridgehead atoms. The number of carboxylic acids is 1. The molecule has 8 heteroatoms. The van der Waals surface area contributed by atoms with Crippen LogP contribution in [0.25, 0.3) is 11.1 Å². The van der Waals surface area contributed by atoms with Crippen LogP contribution >= 0.6 is 0 Å². The van der Waals surface area contributed by atoms with Crippen molar-refractivity contribution >= 4 is 23.7 Å². The Bertz CT molecular complexity index is 1180. The molecule has 4 rings (SSSR count). The van der Waals surface area contributed by atoms with E-state index in [0.717, 1.165) is 11.1 Å². The zero-order valence-electron chi connectivity index (χ0n) is 19.4. The molecule has 1 aliphatic carbocycles. The van der Waals surface area contributed by atoms with Gasteiger partial charge in [0.05, 0.1) is 11.9 Å². The predicted molar refractivity (Wildman–Crippen MR) is 131 cm³/mol. The molecule has 0 fully saturated rings. The summed E-state index contributed by atoms with van der Waals surface area (Å²) in [4.78, 5) is 39.4. The van der Waals surface area contributed by atoms with Crippen LogP contribution in [0.5, 0.6) is 0 Å². The molecule has 0 aliphatic heterocycles. The van der Waals surface area contributed by atoms with Crippen LogP contribution in [-0.2, 0) is 9.53 Å². The zero-order valence-corrected chi connectivity index (χ0v) is 19.4. The number of fused-ring (bicyclic) bond motifs is 3. The molecule has 35 heavy (non-hydrogen) atoms. The summed E-state index contributed by atoms with van der Waals surface area (Å²) in [5.41, 5.74) is 4.95. The molecule has 1 heterocycles. The first-order valence-corrected chi connectivity index (χ1v) is 11.6. The topological polar surface area (TPSA) is 118 Å². The number of ether oxygens (including phenoxy) is 1. The number of amides is 2. The van der Waals surface area contributed by atoms with Gasteiger partial charge in [-0.2, -0.15) is 0 Å². The van der Waals surface area contributed by atoms with E-state index in [9.17, 15) is 14.4 Å². The van der Waals surface area contributed by atoms with Gasteiger partial charge >= 0.3 is 12.1 Å². The summed E-state index contributed by atoms with van der Waals surface area (Å²) in [6.07, 6.45) is 2.06. The van der Waals surface area contributed by atoms with Crippen LogP contribution in [0.3, 0.4) is 0 Å². The summed E-state index contributed by atoms with van der Waals surface area (Å²) in [6.45, 7) is 2.16. The number of aromatic nitrogens is 1. The fraction of sp³-hybridized carbons (Fsp3) is 0.259. The van der Waals surface area contributed by atoms with Crippen molar-refractivity contribution in [2.45, 2.75) is 38.1 Å². The number of benzene rings is 2. The van der Waals surface area contributed by atoms with Gasteiger partial charge in [-0.1, -0.05) is 55.5 Å². The highest BCUT2D eigenvalue weighted by Gasteiger charge is 2.29. The number of carbonyl (C=O) groups is 3. The number of rotatable bonds is 9. The van der Waals surface area contributed by atoms with Gasteiger partial charge in [0.1, 0.15) is 12.3 Å². The number of anilines is 1. The van der Waals surface area contributed by atoms with E-state index in [-0.39, 0.29) is 36.6 Å². The fourth-order valence-corrected chi connectivity index (χ4v) is 4.31. The fourth-order valence-electron chi connectivity index (χ4n) is 4.31. The summed E-state index contributed by atoms with van der Waals surface area (Å²) >= 11 is 0. The smallest absolute Gasteiger partial charge is 0.407 e. The lowest BCUT2D eigenvalue weighted by atomic mass is 9.98. The van der Waals surface area contributed by atoms with Gasteiger partial charge < -0.3 is 20.5 Å². The van der Waals surface area contributed by atoms with Crippen LogP contribution in [0, 0.1) is 0 Å². The summed E-state index contributed by atoms with van der Waals surface area (Å²) in [5.74, 6) is -1.39. The third-order valence-corrected chi connectivity index (χ3v) is 6.14. The molecule has 1 aliphatic rings. The van der Waals surface area contributed by atoms with Crippen LogP contribution < -0.4 is 10.6 Å². The SMILES string of the molecule is CCC(CCC(=O)Nc1ccc(C(=O)O)nc1)NC(=O)OCC1c2ccccc2-c2ccccc21. The lowest BCUT2D eigenvalue weighted by molar-refractivity contribution is -0.116. The molecular weight excluding hydrogens is 446 g/mol. The molecule has 0 saturated carbocycles. The molecule has 2 aromatic carbocycles. The number of hydrogen-bond acceptors (Lipinski definition) is 5. The van der Waals surface area contributed by atoms with Crippen molar-refractivity contribution in [2.24, 2.45) is 0 Å². The van der Waals surface area contributed by atoms with Crippen molar-refractivity contribution in [3.63, 3.8) is 0 Å². The second-order valence-electron chi connectivity index (χ2n) is 8.40. The number of aromatic carboxylic acids is 1. The Hall–Kier alpha value is -4.20. The van der Waals surface area contributed by atoms with E-state index < -0.39 is 12.1 Å². The molecule has 1 aromatic heterocycles. The van der Waals surface area contributed by atoms with Crippen molar-refractivity contribution in [1.29, 1.82) is 0 Å². The monoisotopic (exact) mass is 473 g/mol. The van der Waals surface area contributed by atoms with Gasteiger partial charge in [0.2, 0.25) is 5.91 Å². The lowest BCUT2D eigenvalue weighted by Crippen LogP contribution is -2.36. The van der Waals surface area contributed by atoms with E-state index in [2.05, 4.69) is 39.9 Å². The average Bonchev–Trinajstić information content (AvgIpc) is 3.19. The van der Waals surface area contributed by atoms with Crippen molar-refractivity contribution in [3.05, 3.63) is 83.7 Å². The first-order valence-electron chi connectivity index (χ1n) is 11.6. The van der Waals surface area contributed by atoms with Crippen LogP contribution in [0.2, 0.25) is 0 Å². The molecule has 180 valence electrons. The molecule has 0 saturated heterocycles. The molecule has 8 nitrogen and oxygen atoms in total. The number of alkyl carbamates (subject to hydrolysis) is 1. The first kappa shape index (κ1) is 23.9. The maximum atomic E-state index is 12.5. The molecule has 1 atom stereocenters. The van der Waals surface area contributed by atoms with Crippen molar-refractivity contribution in [1.82, 2.24) is 10.3 Å². The van der Waals surface area contributed by atoms with Gasteiger partial charge in [0.15, 0.2) is 0 Å². The number of carbonyl (C=O) groups excluding carboxylic acids is 2. The highest BCUT2D eigenvalue weighted by molar-refractivity contribution is 5.91. The Balaban J connectivity index is 1.27. The first-order chi connectivity index (χ1) is 17.0. The Morgan fingerprint density at radius 1 is 1.00 bits per heavy atom. The number of hydrogen-bond donors (Lipinski definition) is 3. The molecule has 2 amide bonds. The molecule has 0 radical (unpaired) electrons. The van der Waals surface area contributed by atoms with E-state index in [1.54, 1.807) is 0 Å². The Kier molecular flexibility index (Phi) is 7.40. The van der Waals surface area contributed by atoms with E-state index in [4.69, 9.17) is 9.84 Å². The standard InChI is InChI=1S/C27H27N3O5/c1-2-17(12-14-25(31)29-18-11-13-24(26(32)33)28-15-18)30-27(34)35-16-23-21-9-5-3-7-19(21)20-8-4-6-10-22(20)23/h3-11,13,15,17,23H,2,12,14,16H2,1H3,(H,29,31)(H,30,34)(H,32,33). The van der Waals surface area contributed by atoms with E-state index in [0.29, 0.717) is 18.5 Å². The third kappa shape index (κ3) is 5.66. The molecule has 0 spiro atoms. The number of pyridine rings is 1. The summed E-state index contributed by atoms with van der Waals surface area (Å²) in [6, 6.07) is 18.9. The van der Waals surface area contributed by atoms with Gasteiger partial charge in [0, 0.05) is 18.4 Å². The van der Waals surface area contributed by atoms with Crippen molar-refractivity contribution < 1.29 is 24.2 Å². The van der Waals surface area contributed by atoms with Gasteiger partial charge in [-0.3, -0.25) is 4.79 Å². The second-order valence-corrected chi connectivity index (χ2v) is 8.40. The largest absolute Gasteiger partial charge is 0.477 e. The van der Waals surface area contributed by atoms with E-state index in [1.165, 1.54) is 29.5 Å². The maximum Gasteiger partial charge on any atom is 0.407 e. The second kappa shape index (κ2) is 10.8. The zero-order chi connectivity index (χ0) is 24.8. The van der Waals surface area contributed by atoms with Gasteiger partial charge in [-0.05, 0) is 47.2 Å². The summed E-state index contributed by atoms with van der Waals surface area (Å²) in [5, 5.41) is 14.4. The quantitative estimate of drug-likeness (QED) is 0.410. The number of nitrogens with zero attached hydrogens (tertiary/aromatic N) is 1. The number of nitrogens with one attached hydrogen (secondary N) is 2. The predicted octanol–water partition coefficient (Wildman–Crippen LogP) is 4.82. The van der Waals surface area contributed by atoms with Crippen LogP contribution in [0.4, 0.5) is 10.5 Å². The highest BCUT2D eigenvalue weighted by atomic mass is 16.5. The third-order valence-electron chi connectivity index (χ3n) is 6.14. The maximum absolute atomic E-state index is 12.5. The lowest BCUT2D eigenvalue weighted by Gasteiger charge is -2.19. The minimum absolute atomic E-state index is 0.0138. The molecular formula is C27H27N3O5. The normalized spacial score (nSPS) is 12.8. The van der Waals surface area contributed by atoms with Gasteiger partial charge in [0.25, 0.3) is 0 Å². The van der Waals surface area contributed by atoms with Crippen LogP contribution in [0.1, 0.15) is 53.7 Å². The average molecular weight is 474 g/mol. The van der Waals surface area contributed by atoms with Crippen LogP contribution in [0.15, 0.2) is 66.9 Å². The summed E-state index contributed by atoms with van der Waals surface area (Å²) < 4.78 is 5.60. The van der Waals surface area contributed by atoms with Crippen molar-refractivity contribution in [3.8, 4) is 11.1 Å². The van der Waals surface area contributed by atoms with Gasteiger partial charge in [-0.15, -0.1) is 0 Å². The van der Waals surface area contributed by atoms with Gasteiger partial charge in [-0.25, -0.2) is 14.6 Å². The summed E-state index contributed by atoms with van der Waals surface area (Å²) in [7, 11) is 0. The number of carboxylic acid groups (broad SMARTS) is 1. The van der Waals surface area contributed by atoms with Crippen LogP contribution in [-0.4, -0.2) is 40.7 Å². The highest BCUT2D eigenvalue weighted by Crippen LogP contribution is 2.44.